The highest BCUT2D eigenvalue weighted by atomic mass is 16.5. The molecule has 14 N–H and O–H groups in total. The number of unbranched alkanes of at least 4 members (excludes halogenated alkanes) is 2. The topological polar surface area (TPSA) is 369 Å². The van der Waals surface area contributed by atoms with Crippen LogP contribution in [0.4, 0.5) is 0 Å². The summed E-state index contributed by atoms with van der Waals surface area (Å²) in [5.41, 5.74) is 3.52. The average molecular weight is 1230 g/mol. The lowest BCUT2D eigenvalue weighted by atomic mass is 9.96. The van der Waals surface area contributed by atoms with Crippen LogP contribution in [0.15, 0.2) is 97.1 Å². The minimum atomic E-state index is -2.28. The molecule has 0 radical (unpaired) electrons. The number of ether oxygens (including phenoxy) is 1. The number of benzene rings is 4. The Labute approximate surface area is 511 Å². The molecule has 88 heavy (non-hydrogen) atoms. The highest BCUT2D eigenvalue weighted by Gasteiger charge is 2.50. The van der Waals surface area contributed by atoms with Crippen molar-refractivity contribution in [3.8, 4) is 33.8 Å². The summed E-state index contributed by atoms with van der Waals surface area (Å²) in [6, 6.07) is 15.5. The van der Waals surface area contributed by atoms with Gasteiger partial charge in [0.25, 0.3) is 5.91 Å². The number of nitrogens with one attached hydrogen (secondary N) is 6. The minimum absolute atomic E-state index is 0.0578. The molecule has 7 rings (SSSR count). The van der Waals surface area contributed by atoms with Crippen LogP contribution in [0.1, 0.15) is 81.8 Å². The molecule has 25 heteroatoms. The van der Waals surface area contributed by atoms with Crippen LogP contribution in [-0.4, -0.2) is 229 Å². The third kappa shape index (κ3) is 17.2. The normalized spacial score (nSPS) is 26.7. The van der Waals surface area contributed by atoms with E-state index in [1.54, 1.807) is 12.1 Å². The van der Waals surface area contributed by atoms with E-state index in [-0.39, 0.29) is 30.0 Å². The number of likely N-dealkylation sites (N-methyl/N-ethyl adjacent to an activating group) is 1. The van der Waals surface area contributed by atoms with Crippen molar-refractivity contribution < 1.29 is 83.6 Å². The zero-order valence-electron chi connectivity index (χ0n) is 50.7. The number of rotatable bonds is 18. The summed E-state index contributed by atoms with van der Waals surface area (Å²) in [6.45, 7) is 6.23. The van der Waals surface area contributed by atoms with Gasteiger partial charge in [-0.15, -0.1) is 0 Å². The highest BCUT2D eigenvalue weighted by molar-refractivity contribution is 6.00. The molecule has 25 nitrogen and oxygen atoms in total. The second-order valence-electron chi connectivity index (χ2n) is 24.3. The Bertz CT molecular complexity index is 3040. The monoisotopic (exact) mass is 1220 g/mol. The highest BCUT2D eigenvalue weighted by Crippen LogP contribution is 2.30. The van der Waals surface area contributed by atoms with Gasteiger partial charge in [0.1, 0.15) is 66.1 Å². The van der Waals surface area contributed by atoms with E-state index in [1.807, 2.05) is 69.7 Å². The SMILES string of the molecule is CCCCCOc1ccc(-c2ccc(-c3ccc(C(=O)N[C@@H]4C[C@@H](O)[C@@H](NCC[N+](C)(C)C)NC(=O)[C@@H]5[C@@H](O)[C@@H](C)CN5C(=O)[C@H]([C@@H](C)O)NC(=O)[C@H]([C@H](O)[C@@H](O)c5ccc(O)cc5)NC(=O)[C@@H]5C[C@@H](O)CN5C(=O)[C@H]([C@@H](C)O)NC4=O)cc3)cc2)cc1. The summed E-state index contributed by atoms with van der Waals surface area (Å²) < 4.78 is 6.26. The van der Waals surface area contributed by atoms with Crippen molar-refractivity contribution in [2.24, 2.45) is 5.92 Å². The van der Waals surface area contributed by atoms with Crippen molar-refractivity contribution in [2.75, 3.05) is 53.9 Å². The Morgan fingerprint density at radius 1 is 0.659 bits per heavy atom. The first-order valence-electron chi connectivity index (χ1n) is 29.8. The van der Waals surface area contributed by atoms with Gasteiger partial charge >= 0.3 is 0 Å². The van der Waals surface area contributed by atoms with Crippen LogP contribution in [-0.2, 0) is 28.8 Å². The van der Waals surface area contributed by atoms with Crippen LogP contribution in [0.5, 0.6) is 11.5 Å². The van der Waals surface area contributed by atoms with Gasteiger partial charge in [-0.05, 0) is 84.5 Å². The number of phenolic OH excluding ortho intramolecular Hbond substituents is 1. The molecule has 478 valence electrons. The molecule has 3 aliphatic heterocycles. The molecule has 0 bridgehead atoms. The number of aliphatic hydroxyl groups excluding tert-OH is 7. The van der Waals surface area contributed by atoms with Crippen LogP contribution in [0.3, 0.4) is 0 Å². The van der Waals surface area contributed by atoms with Gasteiger partial charge in [-0.2, -0.15) is 0 Å². The van der Waals surface area contributed by atoms with E-state index in [4.69, 9.17) is 4.74 Å². The Balaban J connectivity index is 1.23. The number of phenols is 1. The molecule has 4 aromatic carbocycles. The van der Waals surface area contributed by atoms with Gasteiger partial charge in [-0.25, -0.2) is 0 Å². The van der Waals surface area contributed by atoms with Crippen LogP contribution in [0.25, 0.3) is 22.3 Å². The average Bonchev–Trinajstić information content (AvgIpc) is 2.08. The van der Waals surface area contributed by atoms with Gasteiger partial charge in [-0.3, -0.25) is 38.9 Å². The second-order valence-corrected chi connectivity index (χ2v) is 24.3. The van der Waals surface area contributed by atoms with Crippen LogP contribution in [0.2, 0.25) is 0 Å². The summed E-state index contributed by atoms with van der Waals surface area (Å²) in [7, 11) is 5.64. The molecule has 3 saturated heterocycles. The molecule has 3 heterocycles. The van der Waals surface area contributed by atoms with Crippen molar-refractivity contribution in [3.05, 3.63) is 108 Å². The molecule has 0 saturated carbocycles. The molecule has 7 amide bonds. The predicted molar refractivity (Wildman–Crippen MR) is 322 cm³/mol. The molecule has 0 unspecified atom stereocenters. The Morgan fingerprint density at radius 2 is 1.19 bits per heavy atom. The molecule has 15 atom stereocenters. The third-order valence-corrected chi connectivity index (χ3v) is 16.2. The fourth-order valence-corrected chi connectivity index (χ4v) is 11.0. The quantitative estimate of drug-likeness (QED) is 0.0436. The van der Waals surface area contributed by atoms with E-state index in [2.05, 4.69) is 38.8 Å². The maximum atomic E-state index is 14.8. The number of hydrogen-bond donors (Lipinski definition) is 14. The lowest BCUT2D eigenvalue weighted by Crippen LogP contribution is -2.64. The summed E-state index contributed by atoms with van der Waals surface area (Å²) in [6.07, 6.45) is -12.1. The van der Waals surface area contributed by atoms with E-state index in [1.165, 1.54) is 43.3 Å². The molecule has 3 aliphatic rings. The first-order chi connectivity index (χ1) is 41.6. The zero-order valence-corrected chi connectivity index (χ0v) is 50.7. The van der Waals surface area contributed by atoms with E-state index >= 15 is 0 Å². The Hall–Kier alpha value is -7.59. The van der Waals surface area contributed by atoms with Gasteiger partial charge in [-0.1, -0.05) is 87.4 Å². The third-order valence-electron chi connectivity index (χ3n) is 16.2. The molecule has 0 aliphatic carbocycles. The number of aliphatic hydroxyl groups is 7. The Morgan fingerprint density at radius 3 is 1.75 bits per heavy atom. The molecule has 3 fully saturated rings. The number of hydrogen-bond acceptors (Lipinski definition) is 17. The molecule has 0 spiro atoms. The number of carbonyl (C=O) groups is 7. The number of carbonyl (C=O) groups excluding carboxylic acids is 7. The summed E-state index contributed by atoms with van der Waals surface area (Å²) in [4.78, 5) is 104. The fraction of sp³-hybridized carbons (Fsp3) is 0.508. The van der Waals surface area contributed by atoms with E-state index in [9.17, 15) is 74.4 Å². The molecular weight excluding hydrogens is 1140 g/mol. The maximum absolute atomic E-state index is 14.8. The zero-order chi connectivity index (χ0) is 64.3. The van der Waals surface area contributed by atoms with Crippen LogP contribution >= 0.6 is 0 Å². The van der Waals surface area contributed by atoms with Gasteiger partial charge in [0.2, 0.25) is 35.4 Å². The van der Waals surface area contributed by atoms with Crippen molar-refractivity contribution >= 4 is 41.4 Å². The fourth-order valence-electron chi connectivity index (χ4n) is 11.0. The van der Waals surface area contributed by atoms with E-state index in [0.717, 1.165) is 70.9 Å². The van der Waals surface area contributed by atoms with E-state index < -0.39 is 152 Å². The maximum Gasteiger partial charge on any atom is 0.251 e. The number of amides is 7. The lowest BCUT2D eigenvalue weighted by Gasteiger charge is -2.34. The predicted octanol–water partition coefficient (Wildman–Crippen LogP) is -0.624. The first kappa shape index (κ1) is 67.9. The number of fused-ring (bicyclic) bond motifs is 2. The lowest BCUT2D eigenvalue weighted by molar-refractivity contribution is -0.869. The number of aromatic hydroxyl groups is 1. The van der Waals surface area contributed by atoms with Gasteiger partial charge in [0.05, 0.1) is 64.8 Å². The second kappa shape index (κ2) is 30.1. The largest absolute Gasteiger partial charge is 0.508 e. The summed E-state index contributed by atoms with van der Waals surface area (Å²) in [5.74, 6) is -8.06. The summed E-state index contributed by atoms with van der Waals surface area (Å²) in [5, 5.41) is 106. The minimum Gasteiger partial charge on any atom is -0.508 e. The van der Waals surface area contributed by atoms with Crippen molar-refractivity contribution in [2.45, 2.75) is 145 Å². The van der Waals surface area contributed by atoms with Crippen molar-refractivity contribution in [1.82, 2.24) is 41.7 Å². The van der Waals surface area contributed by atoms with Crippen molar-refractivity contribution in [3.63, 3.8) is 0 Å². The van der Waals surface area contributed by atoms with E-state index in [0.29, 0.717) is 17.6 Å². The summed E-state index contributed by atoms with van der Waals surface area (Å²) >= 11 is 0. The molecule has 4 aromatic rings. The molecular formula is C63H86N9O16+. The smallest absolute Gasteiger partial charge is 0.251 e. The number of quaternary nitrogens is 1. The Kier molecular flexibility index (Phi) is 23.2. The first-order valence-corrected chi connectivity index (χ1v) is 29.8. The van der Waals surface area contributed by atoms with Crippen molar-refractivity contribution in [1.29, 1.82) is 0 Å². The number of nitrogens with zero attached hydrogens (tertiary/aromatic N) is 3. The van der Waals surface area contributed by atoms with Crippen LogP contribution in [0, 0.1) is 5.92 Å². The standard InChI is InChI=1S/C63H85N9O16/c1-8-9-10-29-88-45-25-21-40(22-26-45)38-13-11-37(12-14-38)39-15-17-42(18-16-39)57(81)65-46-31-48(77)56(64-27-28-72(5,6)7)69-61(85)52-53(78)34(2)32-71(52)63(87)50(36(4)74)67-60(84)51(55(80)54(79)41-19-23-43(75)24-20-41)68-59(83)47-30-44(76)33-70(47)62(86)49(35(3)73)66-58(46)82/h11-26,34-36,44,46-56,64,73-74,76-80H,8-10,27-33H2,1-7H3,(H5-,65,66,67,68,69,75,81,82,83,84,85)/p+1/t34-,35+,36+,44+,46+,47-,48+,49-,50-,51-,52-,53-,54-,55-,56-/m0/s1. The van der Waals surface area contributed by atoms with Gasteiger partial charge < -0.3 is 86.5 Å². The van der Waals surface area contributed by atoms with Gasteiger partial charge in [0, 0.05) is 44.0 Å². The van der Waals surface area contributed by atoms with Crippen LogP contribution < -0.4 is 36.6 Å². The molecule has 0 aromatic heterocycles. The van der Waals surface area contributed by atoms with Gasteiger partial charge in [0.15, 0.2) is 0 Å².